The van der Waals surface area contributed by atoms with Gasteiger partial charge in [-0.05, 0) is 6.92 Å². The van der Waals surface area contributed by atoms with Crippen molar-refractivity contribution in [3.63, 3.8) is 0 Å². The van der Waals surface area contributed by atoms with Gasteiger partial charge in [-0.2, -0.15) is 5.10 Å². The lowest BCUT2D eigenvalue weighted by Gasteiger charge is -2.07. The van der Waals surface area contributed by atoms with Crippen LogP contribution in [-0.4, -0.2) is 29.0 Å². The lowest BCUT2D eigenvalue weighted by atomic mass is 10.4. The van der Waals surface area contributed by atoms with E-state index in [1.807, 2.05) is 17.1 Å². The van der Waals surface area contributed by atoms with Crippen molar-refractivity contribution in [3.05, 3.63) is 18.0 Å². The Morgan fingerprint density at radius 2 is 2.33 bits per heavy atom. The molecule has 0 fully saturated rings. The predicted octanol–water partition coefficient (Wildman–Crippen LogP) is 1.42. The summed E-state index contributed by atoms with van der Waals surface area (Å²) in [4.78, 5) is 0. The Balaban J connectivity index is 2.09. The first-order valence-corrected chi connectivity index (χ1v) is 5.54. The van der Waals surface area contributed by atoms with E-state index in [2.05, 4.69) is 31.2 Å². The Bertz CT molecular complexity index is 271. The molecule has 1 aromatic heterocycles. The van der Waals surface area contributed by atoms with E-state index >= 15 is 0 Å². The van der Waals surface area contributed by atoms with Gasteiger partial charge in [0.1, 0.15) is 0 Å². The molecular formula is C11H21N3O. The Morgan fingerprint density at radius 1 is 1.53 bits per heavy atom. The molecular weight excluding hydrogens is 190 g/mol. The number of ether oxygens (including phenoxy) is 1. The van der Waals surface area contributed by atoms with E-state index in [-0.39, 0.29) is 0 Å². The summed E-state index contributed by atoms with van der Waals surface area (Å²) in [6.07, 6.45) is 3.88. The average molecular weight is 211 g/mol. The SMILES string of the molecule is CCn1cc(COCCNC(C)C)cn1. The molecule has 4 nitrogen and oxygen atoms in total. The molecule has 0 atom stereocenters. The largest absolute Gasteiger partial charge is 0.375 e. The van der Waals surface area contributed by atoms with E-state index in [0.29, 0.717) is 12.6 Å². The van der Waals surface area contributed by atoms with Crippen LogP contribution >= 0.6 is 0 Å². The van der Waals surface area contributed by atoms with E-state index in [0.717, 1.165) is 25.3 Å². The van der Waals surface area contributed by atoms with E-state index in [1.165, 1.54) is 0 Å². The summed E-state index contributed by atoms with van der Waals surface area (Å²) in [5.74, 6) is 0. The van der Waals surface area contributed by atoms with Crippen molar-refractivity contribution in [3.8, 4) is 0 Å². The van der Waals surface area contributed by atoms with Crippen molar-refractivity contribution in [2.75, 3.05) is 13.2 Å². The molecule has 0 aliphatic heterocycles. The first kappa shape index (κ1) is 12.2. The van der Waals surface area contributed by atoms with Gasteiger partial charge < -0.3 is 10.1 Å². The molecule has 1 rings (SSSR count). The second kappa shape index (κ2) is 6.58. The lowest BCUT2D eigenvalue weighted by molar-refractivity contribution is 0.121. The van der Waals surface area contributed by atoms with Crippen molar-refractivity contribution in [2.45, 2.75) is 40.0 Å². The standard InChI is InChI=1S/C11H21N3O/c1-4-14-8-11(7-13-14)9-15-6-5-12-10(2)3/h7-8,10,12H,4-6,9H2,1-3H3. The van der Waals surface area contributed by atoms with Crippen LogP contribution in [0.15, 0.2) is 12.4 Å². The van der Waals surface area contributed by atoms with Crippen LogP contribution in [0.2, 0.25) is 0 Å². The predicted molar refractivity (Wildman–Crippen MR) is 60.7 cm³/mol. The minimum absolute atomic E-state index is 0.524. The molecule has 86 valence electrons. The van der Waals surface area contributed by atoms with Crippen molar-refractivity contribution in [1.29, 1.82) is 0 Å². The van der Waals surface area contributed by atoms with E-state index < -0.39 is 0 Å². The van der Waals surface area contributed by atoms with Crippen LogP contribution < -0.4 is 5.32 Å². The first-order chi connectivity index (χ1) is 7.22. The highest BCUT2D eigenvalue weighted by Crippen LogP contribution is 1.99. The van der Waals surface area contributed by atoms with Crippen molar-refractivity contribution < 1.29 is 4.74 Å². The topological polar surface area (TPSA) is 39.1 Å². The highest BCUT2D eigenvalue weighted by atomic mass is 16.5. The molecule has 1 aromatic rings. The normalized spacial score (nSPS) is 11.2. The van der Waals surface area contributed by atoms with Crippen molar-refractivity contribution in [2.24, 2.45) is 0 Å². The third-order valence-electron chi connectivity index (χ3n) is 2.08. The Hall–Kier alpha value is -0.870. The summed E-state index contributed by atoms with van der Waals surface area (Å²) in [5.41, 5.74) is 1.14. The zero-order valence-corrected chi connectivity index (χ0v) is 9.86. The number of rotatable bonds is 7. The maximum Gasteiger partial charge on any atom is 0.0748 e. The van der Waals surface area contributed by atoms with Crippen LogP contribution in [-0.2, 0) is 17.9 Å². The van der Waals surface area contributed by atoms with Gasteiger partial charge in [-0.15, -0.1) is 0 Å². The molecule has 0 aromatic carbocycles. The molecule has 0 unspecified atom stereocenters. The van der Waals surface area contributed by atoms with E-state index in [9.17, 15) is 0 Å². The maximum atomic E-state index is 5.51. The van der Waals surface area contributed by atoms with Gasteiger partial charge >= 0.3 is 0 Å². The van der Waals surface area contributed by atoms with Gasteiger partial charge in [0, 0.05) is 30.9 Å². The number of nitrogens with one attached hydrogen (secondary N) is 1. The number of hydrogen-bond donors (Lipinski definition) is 1. The van der Waals surface area contributed by atoms with Gasteiger partial charge in [-0.3, -0.25) is 4.68 Å². The Kier molecular flexibility index (Phi) is 5.36. The number of aryl methyl sites for hydroxylation is 1. The highest BCUT2D eigenvalue weighted by molar-refractivity contribution is 5.01. The van der Waals surface area contributed by atoms with Gasteiger partial charge in [0.15, 0.2) is 0 Å². The smallest absolute Gasteiger partial charge is 0.0748 e. The molecule has 0 bridgehead atoms. The fourth-order valence-corrected chi connectivity index (χ4v) is 1.26. The Labute approximate surface area is 91.6 Å². The molecule has 0 amide bonds. The number of nitrogens with zero attached hydrogens (tertiary/aromatic N) is 2. The fourth-order valence-electron chi connectivity index (χ4n) is 1.26. The van der Waals surface area contributed by atoms with Crippen LogP contribution in [0.3, 0.4) is 0 Å². The molecule has 15 heavy (non-hydrogen) atoms. The third-order valence-corrected chi connectivity index (χ3v) is 2.08. The molecule has 0 radical (unpaired) electrons. The van der Waals surface area contributed by atoms with Crippen LogP contribution in [0, 0.1) is 0 Å². The Morgan fingerprint density at radius 3 is 2.93 bits per heavy atom. The van der Waals surface area contributed by atoms with Crippen LogP contribution in [0.25, 0.3) is 0 Å². The second-order valence-corrected chi connectivity index (χ2v) is 3.87. The molecule has 0 spiro atoms. The zero-order chi connectivity index (χ0) is 11.1. The second-order valence-electron chi connectivity index (χ2n) is 3.87. The van der Waals surface area contributed by atoms with Gasteiger partial charge in [0.2, 0.25) is 0 Å². The average Bonchev–Trinajstić information content (AvgIpc) is 2.65. The van der Waals surface area contributed by atoms with Gasteiger partial charge in [0.25, 0.3) is 0 Å². The number of hydrogen-bond acceptors (Lipinski definition) is 3. The minimum Gasteiger partial charge on any atom is -0.375 e. The van der Waals surface area contributed by atoms with Gasteiger partial charge in [-0.25, -0.2) is 0 Å². The summed E-state index contributed by atoms with van der Waals surface area (Å²) < 4.78 is 7.42. The monoisotopic (exact) mass is 211 g/mol. The maximum absolute atomic E-state index is 5.51. The van der Waals surface area contributed by atoms with Crippen LogP contribution in [0.1, 0.15) is 26.3 Å². The van der Waals surface area contributed by atoms with Crippen LogP contribution in [0.5, 0.6) is 0 Å². The van der Waals surface area contributed by atoms with Gasteiger partial charge in [-0.1, -0.05) is 13.8 Å². The van der Waals surface area contributed by atoms with Crippen molar-refractivity contribution in [1.82, 2.24) is 15.1 Å². The van der Waals surface area contributed by atoms with Crippen molar-refractivity contribution >= 4 is 0 Å². The quantitative estimate of drug-likeness (QED) is 0.693. The molecule has 0 aliphatic rings. The number of aromatic nitrogens is 2. The molecule has 1 N–H and O–H groups in total. The molecule has 0 aliphatic carbocycles. The zero-order valence-electron chi connectivity index (χ0n) is 9.86. The summed E-state index contributed by atoms with van der Waals surface area (Å²) in [6, 6.07) is 0.524. The highest BCUT2D eigenvalue weighted by Gasteiger charge is 1.97. The lowest BCUT2D eigenvalue weighted by Crippen LogP contribution is -2.26. The van der Waals surface area contributed by atoms with E-state index in [1.54, 1.807) is 0 Å². The van der Waals surface area contributed by atoms with Gasteiger partial charge in [0.05, 0.1) is 19.4 Å². The summed E-state index contributed by atoms with van der Waals surface area (Å²) in [5, 5.41) is 7.49. The van der Waals surface area contributed by atoms with Crippen LogP contribution in [0.4, 0.5) is 0 Å². The minimum atomic E-state index is 0.524. The molecule has 4 heteroatoms. The molecule has 0 saturated heterocycles. The molecule has 1 heterocycles. The third kappa shape index (κ3) is 4.95. The van der Waals surface area contributed by atoms with E-state index in [4.69, 9.17) is 4.74 Å². The summed E-state index contributed by atoms with van der Waals surface area (Å²) >= 11 is 0. The molecule has 0 saturated carbocycles. The summed E-state index contributed by atoms with van der Waals surface area (Å²) in [7, 11) is 0. The summed E-state index contributed by atoms with van der Waals surface area (Å²) in [6.45, 7) is 9.55. The first-order valence-electron chi connectivity index (χ1n) is 5.54. The fraction of sp³-hybridized carbons (Fsp3) is 0.727.